The number of hydrogen-bond donors (Lipinski definition) is 0. The zero-order valence-electron chi connectivity index (χ0n) is 13.4. The number of halogens is 2. The molecule has 0 N–H and O–H groups in total. The lowest BCUT2D eigenvalue weighted by Gasteiger charge is -2.37. The summed E-state index contributed by atoms with van der Waals surface area (Å²) in [6.45, 7) is 7.95. The van der Waals surface area contributed by atoms with Crippen LogP contribution < -0.4 is 4.90 Å². The molecule has 1 aliphatic rings. The van der Waals surface area contributed by atoms with E-state index in [2.05, 4.69) is 26.9 Å². The van der Waals surface area contributed by atoms with Crippen molar-refractivity contribution in [2.75, 3.05) is 31.1 Å². The van der Waals surface area contributed by atoms with Crippen molar-refractivity contribution in [3.8, 4) is 6.07 Å². The number of nitrogens with zero attached hydrogens (tertiary/aromatic N) is 3. The van der Waals surface area contributed by atoms with Crippen LogP contribution in [0.2, 0.25) is 5.02 Å². The zero-order valence-corrected chi connectivity index (χ0v) is 15.7. The number of piperazine rings is 1. The molecule has 0 spiro atoms. The Balaban J connectivity index is 2.07. The fraction of sp³-hybridized carbons (Fsp3) is 0.500. The van der Waals surface area contributed by atoms with E-state index in [1.54, 1.807) is 17.0 Å². The van der Waals surface area contributed by atoms with Crippen molar-refractivity contribution >= 4 is 39.3 Å². The number of benzene rings is 1. The van der Waals surface area contributed by atoms with Crippen LogP contribution in [0, 0.1) is 11.3 Å². The van der Waals surface area contributed by atoms with Crippen molar-refractivity contribution in [3.63, 3.8) is 0 Å². The van der Waals surface area contributed by atoms with Gasteiger partial charge in [0.05, 0.1) is 22.3 Å². The summed E-state index contributed by atoms with van der Waals surface area (Å²) in [4.78, 5) is 15.9. The predicted octanol–water partition coefficient (Wildman–Crippen LogP) is 4.03. The van der Waals surface area contributed by atoms with E-state index in [9.17, 15) is 4.79 Å². The minimum absolute atomic E-state index is 0.296. The first-order valence-electron chi connectivity index (χ1n) is 7.33. The fourth-order valence-corrected chi connectivity index (χ4v) is 3.00. The van der Waals surface area contributed by atoms with Crippen LogP contribution in [0.5, 0.6) is 0 Å². The van der Waals surface area contributed by atoms with Crippen LogP contribution in [0.1, 0.15) is 26.3 Å². The van der Waals surface area contributed by atoms with E-state index in [1.807, 2.05) is 20.8 Å². The van der Waals surface area contributed by atoms with Crippen molar-refractivity contribution in [2.24, 2.45) is 0 Å². The van der Waals surface area contributed by atoms with Crippen molar-refractivity contribution in [3.05, 3.63) is 27.2 Å². The summed E-state index contributed by atoms with van der Waals surface area (Å²) >= 11 is 9.72. The molecule has 1 fully saturated rings. The molecule has 1 aromatic carbocycles. The molecular formula is C16H19BrClN3O2. The van der Waals surface area contributed by atoms with Crippen LogP contribution in [0.4, 0.5) is 10.5 Å². The highest BCUT2D eigenvalue weighted by Crippen LogP contribution is 2.34. The van der Waals surface area contributed by atoms with Crippen LogP contribution in [0.15, 0.2) is 16.6 Å². The maximum absolute atomic E-state index is 12.1. The molecule has 1 heterocycles. The van der Waals surface area contributed by atoms with E-state index in [0.717, 1.165) is 5.69 Å². The van der Waals surface area contributed by atoms with Crippen LogP contribution in [0.25, 0.3) is 0 Å². The number of rotatable bonds is 1. The van der Waals surface area contributed by atoms with Gasteiger partial charge in [-0.05, 0) is 48.8 Å². The van der Waals surface area contributed by atoms with Gasteiger partial charge >= 0.3 is 6.09 Å². The summed E-state index contributed by atoms with van der Waals surface area (Å²) in [5.74, 6) is 0. The van der Waals surface area contributed by atoms with Crippen molar-refractivity contribution in [1.82, 2.24) is 4.90 Å². The molecule has 0 atom stereocenters. The first-order valence-corrected chi connectivity index (χ1v) is 8.50. The van der Waals surface area contributed by atoms with Crippen LogP contribution in [0.3, 0.4) is 0 Å². The van der Waals surface area contributed by atoms with E-state index in [4.69, 9.17) is 21.6 Å². The molecule has 124 valence electrons. The third kappa shape index (κ3) is 4.52. The molecule has 0 radical (unpaired) electrons. The van der Waals surface area contributed by atoms with E-state index in [1.165, 1.54) is 0 Å². The van der Waals surface area contributed by atoms with E-state index in [0.29, 0.717) is 41.2 Å². The SMILES string of the molecule is CC(C)(C)OC(=O)N1CCN(c2cc(C#N)cc(Br)c2Cl)CC1. The number of ether oxygens (including phenoxy) is 1. The van der Waals surface area contributed by atoms with Gasteiger partial charge in [-0.2, -0.15) is 5.26 Å². The maximum Gasteiger partial charge on any atom is 0.410 e. The normalized spacial score (nSPS) is 15.3. The van der Waals surface area contributed by atoms with E-state index < -0.39 is 5.60 Å². The predicted molar refractivity (Wildman–Crippen MR) is 93.9 cm³/mol. The van der Waals surface area contributed by atoms with Gasteiger partial charge in [-0.3, -0.25) is 0 Å². The van der Waals surface area contributed by atoms with Crippen LogP contribution in [-0.2, 0) is 4.74 Å². The van der Waals surface area contributed by atoms with Gasteiger partial charge in [0.25, 0.3) is 0 Å². The highest BCUT2D eigenvalue weighted by molar-refractivity contribution is 9.10. The second-order valence-corrected chi connectivity index (χ2v) is 7.59. The lowest BCUT2D eigenvalue weighted by Crippen LogP contribution is -2.50. The average Bonchev–Trinajstić information content (AvgIpc) is 2.48. The lowest BCUT2D eigenvalue weighted by molar-refractivity contribution is 0.0240. The lowest BCUT2D eigenvalue weighted by atomic mass is 10.2. The Hall–Kier alpha value is -1.45. The first-order chi connectivity index (χ1) is 10.7. The van der Waals surface area contributed by atoms with Gasteiger partial charge in [0.1, 0.15) is 5.60 Å². The second kappa shape index (κ2) is 6.98. The molecule has 0 unspecified atom stereocenters. The Morgan fingerprint density at radius 2 is 1.91 bits per heavy atom. The monoisotopic (exact) mass is 399 g/mol. The molecule has 2 rings (SSSR count). The summed E-state index contributed by atoms with van der Waals surface area (Å²) in [5.41, 5.74) is 0.857. The quantitative estimate of drug-likeness (QED) is 0.714. The standard InChI is InChI=1S/C16H19BrClN3O2/c1-16(2,3)23-15(22)21-6-4-20(5-7-21)13-9-11(10-19)8-12(17)14(13)18/h8-9H,4-7H2,1-3H3. The van der Waals surface area contributed by atoms with Crippen molar-refractivity contribution in [2.45, 2.75) is 26.4 Å². The maximum atomic E-state index is 12.1. The number of nitriles is 1. The summed E-state index contributed by atoms with van der Waals surface area (Å²) in [6, 6.07) is 5.60. The second-order valence-electron chi connectivity index (χ2n) is 6.36. The number of hydrogen-bond acceptors (Lipinski definition) is 4. The molecule has 1 aliphatic heterocycles. The van der Waals surface area contributed by atoms with Gasteiger partial charge in [0.15, 0.2) is 0 Å². The van der Waals surface area contributed by atoms with Gasteiger partial charge in [-0.15, -0.1) is 0 Å². The van der Waals surface area contributed by atoms with Gasteiger partial charge < -0.3 is 14.5 Å². The van der Waals surface area contributed by atoms with Gasteiger partial charge in [0, 0.05) is 30.7 Å². The third-order valence-corrected chi connectivity index (χ3v) is 4.66. The largest absolute Gasteiger partial charge is 0.444 e. The fourth-order valence-electron chi connectivity index (χ4n) is 2.33. The van der Waals surface area contributed by atoms with Gasteiger partial charge in [-0.1, -0.05) is 11.6 Å². The van der Waals surface area contributed by atoms with Gasteiger partial charge in [0.2, 0.25) is 0 Å². The Morgan fingerprint density at radius 3 is 2.43 bits per heavy atom. The summed E-state index contributed by atoms with van der Waals surface area (Å²) in [7, 11) is 0. The minimum Gasteiger partial charge on any atom is -0.444 e. The Morgan fingerprint density at radius 1 is 1.30 bits per heavy atom. The van der Waals surface area contributed by atoms with E-state index >= 15 is 0 Å². The smallest absolute Gasteiger partial charge is 0.410 e. The molecule has 0 bridgehead atoms. The van der Waals surface area contributed by atoms with Gasteiger partial charge in [-0.25, -0.2) is 4.79 Å². The van der Waals surface area contributed by atoms with Crippen molar-refractivity contribution < 1.29 is 9.53 Å². The minimum atomic E-state index is -0.497. The number of carbonyl (C=O) groups is 1. The highest BCUT2D eigenvalue weighted by Gasteiger charge is 2.27. The molecule has 1 aromatic rings. The molecule has 7 heteroatoms. The molecule has 0 aliphatic carbocycles. The Kier molecular flexibility index (Phi) is 5.43. The molecule has 1 saturated heterocycles. The molecule has 23 heavy (non-hydrogen) atoms. The summed E-state index contributed by atoms with van der Waals surface area (Å²) < 4.78 is 6.09. The summed E-state index contributed by atoms with van der Waals surface area (Å²) in [6.07, 6.45) is -0.296. The highest BCUT2D eigenvalue weighted by atomic mass is 79.9. The van der Waals surface area contributed by atoms with Crippen molar-refractivity contribution in [1.29, 1.82) is 5.26 Å². The molecular weight excluding hydrogens is 382 g/mol. The Labute approximate surface area is 149 Å². The molecule has 5 nitrogen and oxygen atoms in total. The molecule has 0 saturated carbocycles. The summed E-state index contributed by atoms with van der Waals surface area (Å²) in [5, 5.41) is 9.68. The molecule has 0 aromatic heterocycles. The number of amides is 1. The number of carbonyl (C=O) groups excluding carboxylic acids is 1. The molecule has 1 amide bonds. The number of anilines is 1. The third-order valence-electron chi connectivity index (χ3n) is 3.41. The zero-order chi connectivity index (χ0) is 17.2. The van der Waals surface area contributed by atoms with E-state index in [-0.39, 0.29) is 6.09 Å². The first kappa shape index (κ1) is 17.9. The van der Waals surface area contributed by atoms with Crippen LogP contribution >= 0.6 is 27.5 Å². The average molecular weight is 401 g/mol. The Bertz CT molecular complexity index is 644. The topological polar surface area (TPSA) is 56.6 Å². The van der Waals surface area contributed by atoms with Crippen LogP contribution in [-0.4, -0.2) is 42.8 Å².